The van der Waals surface area contributed by atoms with Crippen LogP contribution in [0.1, 0.15) is 34.3 Å². The Bertz CT molecular complexity index is 448. The van der Waals surface area contributed by atoms with Crippen LogP contribution in [-0.2, 0) is 0 Å². The summed E-state index contributed by atoms with van der Waals surface area (Å²) in [6.07, 6.45) is 1.90. The molecule has 18 heavy (non-hydrogen) atoms. The Hall–Kier alpha value is -1.35. The van der Waals surface area contributed by atoms with E-state index in [4.69, 9.17) is 4.74 Å². The zero-order valence-electron chi connectivity index (χ0n) is 11.4. The van der Waals surface area contributed by atoms with Crippen molar-refractivity contribution in [2.75, 3.05) is 20.2 Å². The van der Waals surface area contributed by atoms with Gasteiger partial charge in [-0.15, -0.1) is 0 Å². The van der Waals surface area contributed by atoms with E-state index in [-0.39, 0.29) is 5.92 Å². The normalized spacial score (nSPS) is 16.6. The van der Waals surface area contributed by atoms with Crippen LogP contribution in [0, 0.1) is 19.8 Å². The second-order valence-corrected chi connectivity index (χ2v) is 5.03. The molecule has 0 aliphatic carbocycles. The maximum absolute atomic E-state index is 12.5. The van der Waals surface area contributed by atoms with Gasteiger partial charge in [0.25, 0.3) is 0 Å². The second kappa shape index (κ2) is 5.53. The number of hydrogen-bond donors (Lipinski definition) is 1. The van der Waals surface area contributed by atoms with Gasteiger partial charge in [-0.25, -0.2) is 0 Å². The van der Waals surface area contributed by atoms with Gasteiger partial charge >= 0.3 is 0 Å². The molecule has 1 aromatic carbocycles. The highest BCUT2D eigenvalue weighted by Gasteiger charge is 2.23. The first-order valence-electron chi connectivity index (χ1n) is 6.53. The maximum atomic E-state index is 12.5. The summed E-state index contributed by atoms with van der Waals surface area (Å²) in [5.41, 5.74) is 2.90. The summed E-state index contributed by atoms with van der Waals surface area (Å²) in [5.74, 6) is 1.33. The second-order valence-electron chi connectivity index (χ2n) is 5.03. The number of ether oxygens (including phenoxy) is 1. The average Bonchev–Trinajstić information content (AvgIpc) is 2.41. The molecule has 1 heterocycles. The molecule has 1 saturated heterocycles. The van der Waals surface area contributed by atoms with Crippen LogP contribution in [0.3, 0.4) is 0 Å². The van der Waals surface area contributed by atoms with Crippen LogP contribution in [0.25, 0.3) is 0 Å². The van der Waals surface area contributed by atoms with Gasteiger partial charge in [-0.05, 0) is 63.0 Å². The van der Waals surface area contributed by atoms with Gasteiger partial charge in [0.2, 0.25) is 0 Å². The van der Waals surface area contributed by atoms with Crippen molar-refractivity contribution in [1.82, 2.24) is 5.32 Å². The number of carbonyl (C=O) groups excluding carboxylic acids is 1. The third-order valence-electron chi connectivity index (χ3n) is 3.72. The first-order valence-corrected chi connectivity index (χ1v) is 6.53. The summed E-state index contributed by atoms with van der Waals surface area (Å²) in [6, 6.07) is 3.93. The molecule has 0 atom stereocenters. The molecule has 98 valence electrons. The number of rotatable bonds is 3. The summed E-state index contributed by atoms with van der Waals surface area (Å²) in [5, 5.41) is 3.29. The lowest BCUT2D eigenvalue weighted by molar-refractivity contribution is 0.0894. The highest BCUT2D eigenvalue weighted by atomic mass is 16.5. The molecular formula is C15H21NO2. The minimum atomic E-state index is 0.178. The fourth-order valence-electron chi connectivity index (χ4n) is 2.58. The Labute approximate surface area is 109 Å². The molecule has 0 radical (unpaired) electrons. The Morgan fingerprint density at radius 2 is 1.89 bits per heavy atom. The third-order valence-corrected chi connectivity index (χ3v) is 3.72. The molecule has 3 heteroatoms. The van der Waals surface area contributed by atoms with Crippen LogP contribution >= 0.6 is 0 Å². The lowest BCUT2D eigenvalue weighted by Gasteiger charge is -2.22. The highest BCUT2D eigenvalue weighted by Crippen LogP contribution is 2.26. The largest absolute Gasteiger partial charge is 0.496 e. The number of nitrogens with one attached hydrogen (secondary N) is 1. The van der Waals surface area contributed by atoms with Crippen molar-refractivity contribution in [1.29, 1.82) is 0 Å². The van der Waals surface area contributed by atoms with Gasteiger partial charge < -0.3 is 10.1 Å². The van der Waals surface area contributed by atoms with E-state index < -0.39 is 0 Å². The van der Waals surface area contributed by atoms with Crippen molar-refractivity contribution in [3.05, 3.63) is 28.8 Å². The van der Waals surface area contributed by atoms with Crippen LogP contribution < -0.4 is 10.1 Å². The van der Waals surface area contributed by atoms with E-state index in [1.54, 1.807) is 7.11 Å². The number of Topliss-reactive ketones (excluding diaryl/α,β-unsaturated/α-hetero) is 1. The molecule has 0 amide bonds. The molecule has 0 bridgehead atoms. The average molecular weight is 247 g/mol. The van der Waals surface area contributed by atoms with Crippen molar-refractivity contribution in [2.24, 2.45) is 5.92 Å². The standard InChI is InChI=1S/C15H21NO2/c1-10-9-14(18-3)11(2)8-13(10)15(17)12-4-6-16-7-5-12/h8-9,12,16H,4-7H2,1-3H3. The van der Waals surface area contributed by atoms with Gasteiger partial charge in [-0.1, -0.05) is 0 Å². The molecule has 0 saturated carbocycles. The fraction of sp³-hybridized carbons (Fsp3) is 0.533. The molecule has 1 aromatic rings. The summed E-state index contributed by atoms with van der Waals surface area (Å²) in [4.78, 5) is 12.5. The molecule has 0 unspecified atom stereocenters. The summed E-state index contributed by atoms with van der Waals surface area (Å²) in [7, 11) is 1.66. The lowest BCUT2D eigenvalue weighted by Crippen LogP contribution is -2.32. The lowest BCUT2D eigenvalue weighted by atomic mass is 9.87. The minimum Gasteiger partial charge on any atom is -0.496 e. The maximum Gasteiger partial charge on any atom is 0.166 e. The first-order chi connectivity index (χ1) is 8.63. The van der Waals surface area contributed by atoms with Gasteiger partial charge in [-0.3, -0.25) is 4.79 Å². The molecule has 2 rings (SSSR count). The van der Waals surface area contributed by atoms with Crippen molar-refractivity contribution in [2.45, 2.75) is 26.7 Å². The third kappa shape index (κ3) is 2.56. The predicted octanol–water partition coefficient (Wildman–Crippen LogP) is 2.49. The molecule has 1 aliphatic rings. The van der Waals surface area contributed by atoms with Crippen LogP contribution in [0.2, 0.25) is 0 Å². The van der Waals surface area contributed by atoms with Gasteiger partial charge in [0.15, 0.2) is 5.78 Å². The molecule has 0 aromatic heterocycles. The highest BCUT2D eigenvalue weighted by molar-refractivity contribution is 5.99. The predicted molar refractivity (Wildman–Crippen MR) is 72.4 cm³/mol. The molecule has 3 nitrogen and oxygen atoms in total. The van der Waals surface area contributed by atoms with Crippen molar-refractivity contribution >= 4 is 5.78 Å². The van der Waals surface area contributed by atoms with Gasteiger partial charge in [0.05, 0.1) is 7.11 Å². The van der Waals surface area contributed by atoms with E-state index in [0.717, 1.165) is 48.4 Å². The minimum absolute atomic E-state index is 0.178. The van der Waals surface area contributed by atoms with E-state index in [1.165, 1.54) is 0 Å². The van der Waals surface area contributed by atoms with Gasteiger partial charge in [0, 0.05) is 11.5 Å². The topological polar surface area (TPSA) is 38.3 Å². The number of piperidine rings is 1. The van der Waals surface area contributed by atoms with Crippen LogP contribution in [0.4, 0.5) is 0 Å². The molecular weight excluding hydrogens is 226 g/mol. The van der Waals surface area contributed by atoms with E-state index in [2.05, 4.69) is 5.32 Å². The number of benzene rings is 1. The van der Waals surface area contributed by atoms with Crippen molar-refractivity contribution < 1.29 is 9.53 Å². The molecule has 1 N–H and O–H groups in total. The molecule has 0 spiro atoms. The summed E-state index contributed by atoms with van der Waals surface area (Å²) < 4.78 is 5.28. The number of aryl methyl sites for hydroxylation is 2. The van der Waals surface area contributed by atoms with E-state index in [0.29, 0.717) is 5.78 Å². The number of methoxy groups -OCH3 is 1. The monoisotopic (exact) mass is 247 g/mol. The molecule has 1 fully saturated rings. The van der Waals surface area contributed by atoms with Crippen LogP contribution in [0.5, 0.6) is 5.75 Å². The van der Waals surface area contributed by atoms with E-state index in [1.807, 2.05) is 26.0 Å². The Morgan fingerprint density at radius 3 is 2.50 bits per heavy atom. The SMILES string of the molecule is COc1cc(C)c(C(=O)C2CCNCC2)cc1C. The van der Waals surface area contributed by atoms with Crippen LogP contribution in [-0.4, -0.2) is 26.0 Å². The number of hydrogen-bond acceptors (Lipinski definition) is 3. The zero-order valence-corrected chi connectivity index (χ0v) is 11.4. The van der Waals surface area contributed by atoms with E-state index in [9.17, 15) is 4.79 Å². The number of ketones is 1. The Morgan fingerprint density at radius 1 is 1.22 bits per heavy atom. The fourth-order valence-corrected chi connectivity index (χ4v) is 2.58. The van der Waals surface area contributed by atoms with Crippen molar-refractivity contribution in [3.8, 4) is 5.75 Å². The Balaban J connectivity index is 2.27. The van der Waals surface area contributed by atoms with Crippen molar-refractivity contribution in [3.63, 3.8) is 0 Å². The van der Waals surface area contributed by atoms with E-state index >= 15 is 0 Å². The quantitative estimate of drug-likeness (QED) is 0.834. The number of carbonyl (C=O) groups is 1. The smallest absolute Gasteiger partial charge is 0.166 e. The first kappa shape index (κ1) is 13.1. The zero-order chi connectivity index (χ0) is 13.1. The van der Waals surface area contributed by atoms with Crippen LogP contribution in [0.15, 0.2) is 12.1 Å². The summed E-state index contributed by atoms with van der Waals surface area (Å²) in [6.45, 7) is 5.86. The van der Waals surface area contributed by atoms with Gasteiger partial charge in [0.1, 0.15) is 5.75 Å². The van der Waals surface area contributed by atoms with Gasteiger partial charge in [-0.2, -0.15) is 0 Å². The Kier molecular flexibility index (Phi) is 4.02. The molecule has 1 aliphatic heterocycles. The summed E-state index contributed by atoms with van der Waals surface area (Å²) >= 11 is 0.